The van der Waals surface area contributed by atoms with E-state index < -0.39 is 0 Å². The molecule has 1 aromatic rings. The fraction of sp³-hybridized carbons (Fsp3) is 0.400. The molecule has 2 atom stereocenters. The lowest BCUT2D eigenvalue weighted by Crippen LogP contribution is -2.27. The Hall–Kier alpha value is -1.09. The smallest absolute Gasteiger partial charge is 0.270 e. The first-order valence-electron chi connectivity index (χ1n) is 4.60. The van der Waals surface area contributed by atoms with E-state index in [0.29, 0.717) is 22.8 Å². The number of carbonyl (C=O) groups is 1. The lowest BCUT2D eigenvalue weighted by Gasteiger charge is -2.02. The van der Waals surface area contributed by atoms with Crippen LogP contribution in [0.4, 0.5) is 0 Å². The van der Waals surface area contributed by atoms with Crippen LogP contribution >= 0.6 is 11.6 Å². The summed E-state index contributed by atoms with van der Waals surface area (Å²) in [6.45, 7) is 2.11. The molecular formula is C10H11ClN2O. The van der Waals surface area contributed by atoms with Crippen LogP contribution in [-0.2, 0) is 0 Å². The normalized spacial score (nSPS) is 24.4. The van der Waals surface area contributed by atoms with Gasteiger partial charge < -0.3 is 5.32 Å². The number of rotatable bonds is 2. The van der Waals surface area contributed by atoms with Crippen molar-refractivity contribution in [2.24, 2.45) is 5.92 Å². The van der Waals surface area contributed by atoms with Gasteiger partial charge in [-0.1, -0.05) is 24.6 Å². The number of nitrogens with zero attached hydrogens (tertiary/aromatic N) is 1. The molecule has 14 heavy (non-hydrogen) atoms. The Morgan fingerprint density at radius 3 is 2.93 bits per heavy atom. The average Bonchev–Trinajstić information content (AvgIpc) is 2.81. The van der Waals surface area contributed by atoms with Gasteiger partial charge in [-0.2, -0.15) is 0 Å². The van der Waals surface area contributed by atoms with Crippen molar-refractivity contribution >= 4 is 17.5 Å². The maximum absolute atomic E-state index is 11.6. The predicted molar refractivity (Wildman–Crippen MR) is 54.3 cm³/mol. The summed E-state index contributed by atoms with van der Waals surface area (Å²) in [5.74, 6) is 0.458. The molecule has 1 saturated carbocycles. The Balaban J connectivity index is 2.03. The van der Waals surface area contributed by atoms with Gasteiger partial charge in [-0.25, -0.2) is 4.98 Å². The van der Waals surface area contributed by atoms with Gasteiger partial charge in [0.25, 0.3) is 5.91 Å². The zero-order valence-corrected chi connectivity index (χ0v) is 8.58. The van der Waals surface area contributed by atoms with Gasteiger partial charge >= 0.3 is 0 Å². The number of pyridine rings is 1. The summed E-state index contributed by atoms with van der Waals surface area (Å²) in [5.41, 5.74) is 0.386. The van der Waals surface area contributed by atoms with Crippen LogP contribution in [0.2, 0.25) is 5.15 Å². The van der Waals surface area contributed by atoms with Crippen LogP contribution in [0.1, 0.15) is 23.8 Å². The van der Waals surface area contributed by atoms with Crippen molar-refractivity contribution in [1.82, 2.24) is 10.3 Å². The molecule has 1 amide bonds. The summed E-state index contributed by atoms with van der Waals surface area (Å²) in [6, 6.07) is 5.36. The molecule has 0 saturated heterocycles. The number of nitrogens with one attached hydrogen (secondary N) is 1. The maximum Gasteiger partial charge on any atom is 0.270 e. The Morgan fingerprint density at radius 2 is 2.36 bits per heavy atom. The van der Waals surface area contributed by atoms with E-state index in [-0.39, 0.29) is 5.91 Å². The summed E-state index contributed by atoms with van der Waals surface area (Å²) < 4.78 is 0. The third kappa shape index (κ3) is 2.04. The number of hydrogen-bond donors (Lipinski definition) is 1. The molecule has 1 aliphatic carbocycles. The standard InChI is InChI=1S/C10H11ClN2O/c1-6-5-8(6)13-10(14)7-3-2-4-9(11)12-7/h2-4,6,8H,5H2,1H3,(H,13,14). The SMILES string of the molecule is CC1CC1NC(=O)c1cccc(Cl)n1. The zero-order chi connectivity index (χ0) is 10.1. The van der Waals surface area contributed by atoms with Crippen molar-refractivity contribution in [3.05, 3.63) is 29.0 Å². The second-order valence-electron chi connectivity index (χ2n) is 3.64. The number of hydrogen-bond acceptors (Lipinski definition) is 2. The molecule has 2 rings (SSSR count). The minimum absolute atomic E-state index is 0.137. The van der Waals surface area contributed by atoms with Crippen molar-refractivity contribution in [3.63, 3.8) is 0 Å². The highest BCUT2D eigenvalue weighted by molar-refractivity contribution is 6.29. The molecule has 0 bridgehead atoms. The molecule has 1 N–H and O–H groups in total. The fourth-order valence-corrected chi connectivity index (χ4v) is 1.46. The summed E-state index contributed by atoms with van der Waals surface area (Å²) in [4.78, 5) is 15.5. The molecule has 2 unspecified atom stereocenters. The molecule has 1 aromatic heterocycles. The number of aromatic nitrogens is 1. The van der Waals surface area contributed by atoms with Gasteiger partial charge in [-0.15, -0.1) is 0 Å². The molecule has 1 aliphatic rings. The quantitative estimate of drug-likeness (QED) is 0.758. The van der Waals surface area contributed by atoms with Gasteiger partial charge in [0.15, 0.2) is 0 Å². The van der Waals surface area contributed by atoms with Gasteiger partial charge in [-0.3, -0.25) is 4.79 Å². The molecule has 3 nitrogen and oxygen atoms in total. The van der Waals surface area contributed by atoms with E-state index in [9.17, 15) is 4.79 Å². The fourth-order valence-electron chi connectivity index (χ4n) is 1.30. The van der Waals surface area contributed by atoms with Crippen LogP contribution in [0.3, 0.4) is 0 Å². The summed E-state index contributed by atoms with van der Waals surface area (Å²) >= 11 is 5.68. The van der Waals surface area contributed by atoms with Crippen LogP contribution < -0.4 is 5.32 Å². The first kappa shape index (κ1) is 9.46. The van der Waals surface area contributed by atoms with Crippen molar-refractivity contribution in [3.8, 4) is 0 Å². The lowest BCUT2D eigenvalue weighted by atomic mass is 10.3. The molecule has 0 spiro atoms. The van der Waals surface area contributed by atoms with Crippen molar-refractivity contribution in [1.29, 1.82) is 0 Å². The molecule has 0 aromatic carbocycles. The monoisotopic (exact) mass is 210 g/mol. The number of carbonyl (C=O) groups excluding carboxylic acids is 1. The topological polar surface area (TPSA) is 42.0 Å². The maximum atomic E-state index is 11.6. The first-order valence-corrected chi connectivity index (χ1v) is 4.98. The van der Waals surface area contributed by atoms with E-state index in [0.717, 1.165) is 6.42 Å². The zero-order valence-electron chi connectivity index (χ0n) is 7.83. The van der Waals surface area contributed by atoms with Crippen LogP contribution in [0.5, 0.6) is 0 Å². The molecule has 74 valence electrons. The third-order valence-corrected chi connectivity index (χ3v) is 2.58. The molecule has 4 heteroatoms. The molecule has 1 heterocycles. The number of amides is 1. The average molecular weight is 211 g/mol. The third-order valence-electron chi connectivity index (χ3n) is 2.37. The van der Waals surface area contributed by atoms with E-state index in [1.54, 1.807) is 18.2 Å². The largest absolute Gasteiger partial charge is 0.348 e. The first-order chi connectivity index (χ1) is 6.66. The number of halogens is 1. The van der Waals surface area contributed by atoms with E-state index in [1.165, 1.54) is 0 Å². The summed E-state index contributed by atoms with van der Waals surface area (Å²) in [5, 5.41) is 3.24. The highest BCUT2D eigenvalue weighted by Gasteiger charge is 2.34. The molecular weight excluding hydrogens is 200 g/mol. The van der Waals surface area contributed by atoms with Gasteiger partial charge in [0, 0.05) is 6.04 Å². The van der Waals surface area contributed by atoms with Gasteiger partial charge in [-0.05, 0) is 24.5 Å². The minimum atomic E-state index is -0.137. The molecule has 0 aliphatic heterocycles. The van der Waals surface area contributed by atoms with Crippen molar-refractivity contribution < 1.29 is 4.79 Å². The Labute approximate surface area is 87.5 Å². The summed E-state index contributed by atoms with van der Waals surface area (Å²) in [7, 11) is 0. The van der Waals surface area contributed by atoms with Crippen LogP contribution in [0, 0.1) is 5.92 Å². The Bertz CT molecular complexity index is 367. The Kier molecular flexibility index (Phi) is 2.42. The van der Waals surface area contributed by atoms with Crippen LogP contribution in [0.15, 0.2) is 18.2 Å². The summed E-state index contributed by atoms with van der Waals surface area (Å²) in [6.07, 6.45) is 1.06. The molecule has 1 fully saturated rings. The minimum Gasteiger partial charge on any atom is -0.348 e. The highest BCUT2D eigenvalue weighted by Crippen LogP contribution is 2.29. The van der Waals surface area contributed by atoms with Gasteiger partial charge in [0.1, 0.15) is 10.8 Å². The molecule has 0 radical (unpaired) electrons. The van der Waals surface area contributed by atoms with E-state index in [1.807, 2.05) is 0 Å². The predicted octanol–water partition coefficient (Wildman–Crippen LogP) is 1.87. The van der Waals surface area contributed by atoms with E-state index in [2.05, 4.69) is 17.2 Å². The van der Waals surface area contributed by atoms with E-state index >= 15 is 0 Å². The second-order valence-corrected chi connectivity index (χ2v) is 4.03. The van der Waals surface area contributed by atoms with E-state index in [4.69, 9.17) is 11.6 Å². The second kappa shape index (κ2) is 3.58. The van der Waals surface area contributed by atoms with Crippen molar-refractivity contribution in [2.75, 3.05) is 0 Å². The van der Waals surface area contributed by atoms with Crippen LogP contribution in [0.25, 0.3) is 0 Å². The Morgan fingerprint density at radius 1 is 1.64 bits per heavy atom. The lowest BCUT2D eigenvalue weighted by molar-refractivity contribution is 0.0944. The highest BCUT2D eigenvalue weighted by atomic mass is 35.5. The van der Waals surface area contributed by atoms with Gasteiger partial charge in [0.05, 0.1) is 0 Å². The van der Waals surface area contributed by atoms with Gasteiger partial charge in [0.2, 0.25) is 0 Å². The van der Waals surface area contributed by atoms with Crippen LogP contribution in [-0.4, -0.2) is 16.9 Å². The van der Waals surface area contributed by atoms with Crippen molar-refractivity contribution in [2.45, 2.75) is 19.4 Å².